The zero-order chi connectivity index (χ0) is 21.9. The minimum absolute atomic E-state index is 0.243. The molecule has 1 N–H and O–H groups in total. The second-order valence-corrected chi connectivity index (χ2v) is 7.66. The van der Waals surface area contributed by atoms with E-state index in [9.17, 15) is 4.79 Å². The number of rotatable bonds is 6. The lowest BCUT2D eigenvalue weighted by molar-refractivity contribution is 0.102. The lowest BCUT2D eigenvalue weighted by atomic mass is 10.1. The van der Waals surface area contributed by atoms with Crippen LogP contribution in [0.15, 0.2) is 91.5 Å². The topological polar surface area (TPSA) is 64.2 Å². The van der Waals surface area contributed by atoms with E-state index in [2.05, 4.69) is 34.3 Å². The van der Waals surface area contributed by atoms with Crippen LogP contribution in [0.3, 0.4) is 0 Å². The van der Waals surface area contributed by atoms with Gasteiger partial charge in [0.2, 0.25) is 0 Å². The SMILES string of the molecule is CCc1ccc(NC(=O)c2nc(-c3cn(Cc4ccccc4)cn3)n3ccccc23)cc1. The summed E-state index contributed by atoms with van der Waals surface area (Å²) in [5.74, 6) is 0.395. The molecule has 0 saturated heterocycles. The Bertz CT molecular complexity index is 1370. The predicted molar refractivity (Wildman–Crippen MR) is 126 cm³/mol. The number of carbonyl (C=O) groups excluding carboxylic acids is 1. The van der Waals surface area contributed by atoms with Crippen molar-refractivity contribution in [2.75, 3.05) is 5.32 Å². The lowest BCUT2D eigenvalue weighted by Gasteiger charge is -2.04. The Kier molecular flexibility index (Phi) is 5.25. The molecule has 5 aromatic rings. The molecule has 3 aromatic heterocycles. The van der Waals surface area contributed by atoms with E-state index in [0.29, 0.717) is 17.2 Å². The molecule has 0 aliphatic rings. The van der Waals surface area contributed by atoms with Gasteiger partial charge in [0.25, 0.3) is 5.91 Å². The van der Waals surface area contributed by atoms with Crippen molar-refractivity contribution in [3.8, 4) is 11.5 Å². The number of hydrogen-bond acceptors (Lipinski definition) is 3. The summed E-state index contributed by atoms with van der Waals surface area (Å²) in [5.41, 5.74) is 4.99. The number of anilines is 1. The number of aryl methyl sites for hydroxylation is 1. The third kappa shape index (κ3) is 3.90. The summed E-state index contributed by atoms with van der Waals surface area (Å²) in [6.45, 7) is 2.83. The highest BCUT2D eigenvalue weighted by molar-refractivity contribution is 6.08. The molecule has 0 atom stereocenters. The quantitative estimate of drug-likeness (QED) is 0.417. The number of benzene rings is 2. The van der Waals surface area contributed by atoms with Gasteiger partial charge < -0.3 is 9.88 Å². The van der Waals surface area contributed by atoms with Crippen LogP contribution in [0, 0.1) is 0 Å². The Labute approximate surface area is 186 Å². The summed E-state index contributed by atoms with van der Waals surface area (Å²) in [5, 5.41) is 2.96. The molecule has 0 aliphatic heterocycles. The molecule has 6 nitrogen and oxygen atoms in total. The molecule has 5 rings (SSSR count). The number of carbonyl (C=O) groups is 1. The Balaban J connectivity index is 1.45. The second kappa shape index (κ2) is 8.51. The molecule has 0 fully saturated rings. The molecule has 6 heteroatoms. The molecule has 0 saturated carbocycles. The number of pyridine rings is 1. The molecule has 0 bridgehead atoms. The van der Waals surface area contributed by atoms with E-state index in [1.165, 1.54) is 11.1 Å². The number of nitrogens with zero attached hydrogens (tertiary/aromatic N) is 4. The van der Waals surface area contributed by atoms with Crippen LogP contribution in [0.4, 0.5) is 5.69 Å². The summed E-state index contributed by atoms with van der Waals surface area (Å²) in [4.78, 5) is 22.3. The highest BCUT2D eigenvalue weighted by atomic mass is 16.1. The van der Waals surface area contributed by atoms with Crippen LogP contribution in [0.1, 0.15) is 28.5 Å². The number of aromatic nitrogens is 4. The monoisotopic (exact) mass is 421 g/mol. The van der Waals surface area contributed by atoms with E-state index >= 15 is 0 Å². The molecule has 0 spiro atoms. The first kappa shape index (κ1) is 19.8. The van der Waals surface area contributed by atoms with E-state index in [4.69, 9.17) is 0 Å². The van der Waals surface area contributed by atoms with Crippen molar-refractivity contribution in [2.24, 2.45) is 0 Å². The Morgan fingerprint density at radius 1 is 0.938 bits per heavy atom. The summed E-state index contributed by atoms with van der Waals surface area (Å²) in [6, 6.07) is 23.8. The zero-order valence-electron chi connectivity index (χ0n) is 17.8. The number of amides is 1. The van der Waals surface area contributed by atoms with Crippen molar-refractivity contribution >= 4 is 17.1 Å². The lowest BCUT2D eigenvalue weighted by Crippen LogP contribution is -2.12. The number of fused-ring (bicyclic) bond motifs is 1. The first-order chi connectivity index (χ1) is 15.7. The van der Waals surface area contributed by atoms with E-state index < -0.39 is 0 Å². The van der Waals surface area contributed by atoms with Gasteiger partial charge in [-0.15, -0.1) is 0 Å². The van der Waals surface area contributed by atoms with Gasteiger partial charge in [-0.1, -0.05) is 55.5 Å². The van der Waals surface area contributed by atoms with Gasteiger partial charge in [-0.2, -0.15) is 0 Å². The maximum absolute atomic E-state index is 13.1. The first-order valence-electron chi connectivity index (χ1n) is 10.6. The highest BCUT2D eigenvalue weighted by Gasteiger charge is 2.19. The average molecular weight is 422 g/mol. The maximum Gasteiger partial charge on any atom is 0.276 e. The third-order valence-electron chi connectivity index (χ3n) is 5.45. The van der Waals surface area contributed by atoms with E-state index in [-0.39, 0.29) is 5.91 Å². The van der Waals surface area contributed by atoms with Gasteiger partial charge in [0.1, 0.15) is 5.69 Å². The molecular formula is C26H23N5O. The van der Waals surface area contributed by atoms with Gasteiger partial charge in [0, 0.05) is 24.6 Å². The van der Waals surface area contributed by atoms with Crippen LogP contribution in [-0.2, 0) is 13.0 Å². The molecule has 0 radical (unpaired) electrons. The van der Waals surface area contributed by atoms with Crippen LogP contribution in [-0.4, -0.2) is 24.8 Å². The molecule has 3 heterocycles. The van der Waals surface area contributed by atoms with Crippen molar-refractivity contribution in [2.45, 2.75) is 19.9 Å². The Hall–Kier alpha value is -4.19. The van der Waals surface area contributed by atoms with Gasteiger partial charge in [-0.3, -0.25) is 9.20 Å². The highest BCUT2D eigenvalue weighted by Crippen LogP contribution is 2.23. The fourth-order valence-electron chi connectivity index (χ4n) is 3.76. The minimum atomic E-state index is -0.243. The molecule has 32 heavy (non-hydrogen) atoms. The van der Waals surface area contributed by atoms with Crippen LogP contribution in [0.5, 0.6) is 0 Å². The largest absolute Gasteiger partial charge is 0.332 e. The molecular weight excluding hydrogens is 398 g/mol. The Morgan fingerprint density at radius 2 is 1.72 bits per heavy atom. The van der Waals surface area contributed by atoms with Crippen molar-refractivity contribution in [3.63, 3.8) is 0 Å². The molecule has 158 valence electrons. The number of nitrogens with one attached hydrogen (secondary N) is 1. The smallest absolute Gasteiger partial charge is 0.276 e. The van der Waals surface area contributed by atoms with Crippen LogP contribution >= 0.6 is 0 Å². The fraction of sp³-hybridized carbons (Fsp3) is 0.115. The van der Waals surface area contributed by atoms with Crippen molar-refractivity contribution in [1.29, 1.82) is 0 Å². The average Bonchev–Trinajstić information content (AvgIpc) is 3.45. The number of hydrogen-bond donors (Lipinski definition) is 1. The molecule has 0 aliphatic carbocycles. The predicted octanol–water partition coefficient (Wildman–Crippen LogP) is 5.06. The van der Waals surface area contributed by atoms with E-state index in [1.54, 1.807) is 6.33 Å². The minimum Gasteiger partial charge on any atom is -0.332 e. The van der Waals surface area contributed by atoms with E-state index in [1.807, 2.05) is 82.0 Å². The molecule has 1 amide bonds. The Morgan fingerprint density at radius 3 is 2.50 bits per heavy atom. The summed E-state index contributed by atoms with van der Waals surface area (Å²) in [6.07, 6.45) is 6.61. The summed E-state index contributed by atoms with van der Waals surface area (Å²) >= 11 is 0. The summed E-state index contributed by atoms with van der Waals surface area (Å²) < 4.78 is 3.92. The standard InChI is InChI=1S/C26H23N5O/c1-2-19-11-13-21(14-12-19)28-26(32)24-23-10-6-7-15-31(23)25(29-24)22-17-30(18-27-22)16-20-8-4-3-5-9-20/h3-15,17-18H,2,16H2,1H3,(H,28,32). The van der Waals surface area contributed by atoms with Crippen molar-refractivity contribution in [1.82, 2.24) is 18.9 Å². The van der Waals surface area contributed by atoms with Crippen LogP contribution < -0.4 is 5.32 Å². The molecule has 2 aromatic carbocycles. The summed E-state index contributed by atoms with van der Waals surface area (Å²) in [7, 11) is 0. The van der Waals surface area contributed by atoms with Gasteiger partial charge in [0.15, 0.2) is 11.5 Å². The van der Waals surface area contributed by atoms with Crippen LogP contribution in [0.2, 0.25) is 0 Å². The van der Waals surface area contributed by atoms with Gasteiger partial charge in [-0.25, -0.2) is 9.97 Å². The third-order valence-corrected chi connectivity index (χ3v) is 5.45. The van der Waals surface area contributed by atoms with Gasteiger partial charge in [-0.05, 0) is 41.8 Å². The fourth-order valence-corrected chi connectivity index (χ4v) is 3.76. The normalized spacial score (nSPS) is 11.0. The number of imidazole rings is 2. The van der Waals surface area contributed by atoms with Crippen molar-refractivity contribution in [3.05, 3.63) is 108 Å². The van der Waals surface area contributed by atoms with Crippen LogP contribution in [0.25, 0.3) is 17.0 Å². The van der Waals surface area contributed by atoms with Gasteiger partial charge in [0.05, 0.1) is 11.8 Å². The second-order valence-electron chi connectivity index (χ2n) is 7.66. The van der Waals surface area contributed by atoms with Gasteiger partial charge >= 0.3 is 0 Å². The zero-order valence-corrected chi connectivity index (χ0v) is 17.8. The maximum atomic E-state index is 13.1. The van der Waals surface area contributed by atoms with E-state index in [0.717, 1.165) is 24.2 Å². The molecule has 0 unspecified atom stereocenters. The first-order valence-corrected chi connectivity index (χ1v) is 10.6. The van der Waals surface area contributed by atoms with Crippen molar-refractivity contribution < 1.29 is 4.79 Å².